The molecule has 0 bridgehead atoms. The Balaban J connectivity index is 0.000000325. The molecule has 0 spiro atoms. The van der Waals surface area contributed by atoms with Crippen LogP contribution in [0.5, 0.6) is 0 Å². The topological polar surface area (TPSA) is 0 Å². The van der Waals surface area contributed by atoms with Gasteiger partial charge in [-0.1, -0.05) is 85.9 Å². The second kappa shape index (κ2) is 14.2. The van der Waals surface area contributed by atoms with Crippen LogP contribution >= 0.6 is 0 Å². The van der Waals surface area contributed by atoms with E-state index in [1.165, 1.54) is 79.4 Å². The average molecular weight is 473 g/mol. The number of benzene rings is 2. The summed E-state index contributed by atoms with van der Waals surface area (Å²) < 4.78 is 35.8. The van der Waals surface area contributed by atoms with Crippen molar-refractivity contribution in [2.75, 3.05) is 0 Å². The van der Waals surface area contributed by atoms with E-state index >= 15 is 0 Å². The molecular weight excluding hydrogens is 429 g/mol. The highest BCUT2D eigenvalue weighted by atomic mass is 19.4. The fourth-order valence-electron chi connectivity index (χ4n) is 4.37. The summed E-state index contributed by atoms with van der Waals surface area (Å²) in [7, 11) is 0. The van der Waals surface area contributed by atoms with E-state index in [4.69, 9.17) is 0 Å². The summed E-state index contributed by atoms with van der Waals surface area (Å²) in [6.07, 6.45) is 6.35. The number of hydrogen-bond acceptors (Lipinski definition) is 0. The highest BCUT2D eigenvalue weighted by Crippen LogP contribution is 2.46. The molecule has 3 heteroatoms. The molecule has 1 saturated carbocycles. The molecule has 0 N–H and O–H groups in total. The summed E-state index contributed by atoms with van der Waals surface area (Å²) >= 11 is 0. The summed E-state index contributed by atoms with van der Waals surface area (Å²) in [6, 6.07) is 13.8. The first-order valence-electron chi connectivity index (χ1n) is 12.4. The Morgan fingerprint density at radius 3 is 1.88 bits per heavy atom. The maximum Gasteiger partial charge on any atom is 0.416 e. The van der Waals surface area contributed by atoms with Gasteiger partial charge in [0, 0.05) is 0 Å². The summed E-state index contributed by atoms with van der Waals surface area (Å²) in [5.41, 5.74) is 6.29. The first-order chi connectivity index (χ1) is 15.9. The highest BCUT2D eigenvalue weighted by Gasteiger charge is 2.32. The molecule has 0 nitrogen and oxygen atoms in total. The molecule has 0 radical (unpaired) electrons. The van der Waals surface area contributed by atoms with Crippen molar-refractivity contribution in [1.29, 1.82) is 0 Å². The van der Waals surface area contributed by atoms with E-state index < -0.39 is 11.7 Å². The minimum absolute atomic E-state index is 0.459. The number of aryl methyl sites for hydroxylation is 3. The molecule has 0 saturated heterocycles. The van der Waals surface area contributed by atoms with Gasteiger partial charge in [0.15, 0.2) is 0 Å². The SMILES string of the molecule is C=C(C)C.C=C(CCc1ccccc1C)C1(CC)CCCCC1.Cc1ccc(C(F)(F)F)cc1. The van der Waals surface area contributed by atoms with E-state index in [0.717, 1.165) is 24.1 Å². The summed E-state index contributed by atoms with van der Waals surface area (Å²) in [4.78, 5) is 0. The van der Waals surface area contributed by atoms with Crippen molar-refractivity contribution in [3.8, 4) is 0 Å². The van der Waals surface area contributed by atoms with Crippen LogP contribution in [-0.2, 0) is 12.6 Å². The second-order valence-corrected chi connectivity index (χ2v) is 9.80. The van der Waals surface area contributed by atoms with Crippen molar-refractivity contribution < 1.29 is 13.2 Å². The minimum Gasteiger partial charge on any atom is -0.166 e. The van der Waals surface area contributed by atoms with Crippen LogP contribution < -0.4 is 0 Å². The quantitative estimate of drug-likeness (QED) is 0.380. The van der Waals surface area contributed by atoms with Crippen molar-refractivity contribution in [1.82, 2.24) is 0 Å². The molecule has 0 aliphatic heterocycles. The molecule has 1 aliphatic carbocycles. The van der Waals surface area contributed by atoms with Crippen molar-refractivity contribution in [2.45, 2.75) is 92.2 Å². The minimum atomic E-state index is -4.21. The lowest BCUT2D eigenvalue weighted by Gasteiger charge is -2.38. The van der Waals surface area contributed by atoms with Crippen molar-refractivity contribution >= 4 is 0 Å². The smallest absolute Gasteiger partial charge is 0.166 e. The van der Waals surface area contributed by atoms with E-state index in [2.05, 4.69) is 51.3 Å². The van der Waals surface area contributed by atoms with Crippen LogP contribution in [0.15, 0.2) is 72.8 Å². The zero-order valence-corrected chi connectivity index (χ0v) is 21.8. The fraction of sp³-hybridized carbons (Fsp3) is 0.484. The van der Waals surface area contributed by atoms with Crippen molar-refractivity contribution in [2.24, 2.45) is 5.41 Å². The normalized spacial score (nSPS) is 14.7. The Hall–Kier alpha value is -2.29. The predicted molar refractivity (Wildman–Crippen MR) is 141 cm³/mol. The number of halogens is 3. The number of alkyl halides is 3. The molecule has 3 rings (SSSR count). The van der Waals surface area contributed by atoms with E-state index in [1.807, 2.05) is 13.8 Å². The first kappa shape index (κ1) is 29.7. The van der Waals surface area contributed by atoms with Crippen LogP contribution in [0.25, 0.3) is 0 Å². The van der Waals surface area contributed by atoms with Crippen molar-refractivity contribution in [3.05, 3.63) is 95.1 Å². The Bertz CT molecular complexity index is 878. The molecular formula is C31H43F3. The summed E-state index contributed by atoms with van der Waals surface area (Å²) in [5, 5.41) is 0. The van der Waals surface area contributed by atoms with E-state index in [0.29, 0.717) is 5.41 Å². The van der Waals surface area contributed by atoms with Gasteiger partial charge in [-0.15, -0.1) is 6.58 Å². The summed E-state index contributed by atoms with van der Waals surface area (Å²) in [5.74, 6) is 0. The van der Waals surface area contributed by atoms with Crippen molar-refractivity contribution in [3.63, 3.8) is 0 Å². The van der Waals surface area contributed by atoms with Crippen LogP contribution in [0.4, 0.5) is 13.2 Å². The molecule has 1 fully saturated rings. The zero-order valence-electron chi connectivity index (χ0n) is 21.8. The standard InChI is InChI=1S/C19H28.C8H7F3.C4H8/c1-4-19(14-8-5-9-15-19)17(3)12-13-18-11-7-6-10-16(18)2;1-6-2-4-7(5-3-6)8(9,10)11;1-4(2)3/h6-7,10-11H,3-5,8-9,12-15H2,1-2H3;2-5H,1H3;1H2,2-3H3. The molecule has 188 valence electrons. The predicted octanol–water partition coefficient (Wildman–Crippen LogP) is 10.4. The molecule has 2 aromatic carbocycles. The van der Waals surface area contributed by atoms with E-state index in [1.54, 1.807) is 6.92 Å². The molecule has 0 atom stereocenters. The largest absolute Gasteiger partial charge is 0.416 e. The molecule has 2 aromatic rings. The second-order valence-electron chi connectivity index (χ2n) is 9.80. The van der Waals surface area contributed by atoms with Gasteiger partial charge in [0.05, 0.1) is 5.56 Å². The Morgan fingerprint density at radius 2 is 1.41 bits per heavy atom. The Labute approximate surface area is 206 Å². The van der Waals surface area contributed by atoms with Gasteiger partial charge in [0.2, 0.25) is 0 Å². The molecule has 0 heterocycles. The third-order valence-electron chi connectivity index (χ3n) is 6.57. The molecule has 0 aromatic heterocycles. The van der Waals surface area contributed by atoms with E-state index in [9.17, 15) is 13.2 Å². The first-order valence-corrected chi connectivity index (χ1v) is 12.4. The third kappa shape index (κ3) is 10.3. The number of allylic oxidation sites excluding steroid dienone is 2. The molecule has 34 heavy (non-hydrogen) atoms. The Morgan fingerprint density at radius 1 is 0.882 bits per heavy atom. The van der Waals surface area contributed by atoms with Crippen LogP contribution in [-0.4, -0.2) is 0 Å². The Kier molecular flexibility index (Phi) is 12.4. The van der Waals surface area contributed by atoms with Gasteiger partial charge in [-0.3, -0.25) is 0 Å². The summed E-state index contributed by atoms with van der Waals surface area (Å²) in [6.45, 7) is 18.3. The maximum absolute atomic E-state index is 11.9. The van der Waals surface area contributed by atoms with Crippen LogP contribution in [0.2, 0.25) is 0 Å². The highest BCUT2D eigenvalue weighted by molar-refractivity contribution is 5.27. The van der Waals surface area contributed by atoms with Crippen LogP contribution in [0, 0.1) is 19.3 Å². The van der Waals surface area contributed by atoms with Gasteiger partial charge in [-0.05, 0) is 88.5 Å². The monoisotopic (exact) mass is 472 g/mol. The lowest BCUT2D eigenvalue weighted by molar-refractivity contribution is -0.137. The number of rotatable bonds is 5. The van der Waals surface area contributed by atoms with Gasteiger partial charge in [0.25, 0.3) is 0 Å². The van der Waals surface area contributed by atoms with Gasteiger partial charge in [-0.2, -0.15) is 13.2 Å². The fourth-order valence-corrected chi connectivity index (χ4v) is 4.37. The number of hydrogen-bond donors (Lipinski definition) is 0. The van der Waals surface area contributed by atoms with E-state index in [-0.39, 0.29) is 0 Å². The molecule has 0 unspecified atom stereocenters. The lowest BCUT2D eigenvalue weighted by atomic mass is 9.66. The van der Waals surface area contributed by atoms with Crippen LogP contribution in [0.3, 0.4) is 0 Å². The lowest BCUT2D eigenvalue weighted by Crippen LogP contribution is -2.25. The third-order valence-corrected chi connectivity index (χ3v) is 6.57. The molecule has 1 aliphatic rings. The van der Waals surface area contributed by atoms with Gasteiger partial charge in [0.1, 0.15) is 0 Å². The van der Waals surface area contributed by atoms with Crippen LogP contribution in [0.1, 0.15) is 88.0 Å². The van der Waals surface area contributed by atoms with Gasteiger partial charge >= 0.3 is 6.18 Å². The maximum atomic E-state index is 11.9. The molecule has 0 amide bonds. The van der Waals surface area contributed by atoms with Gasteiger partial charge in [-0.25, -0.2) is 0 Å². The zero-order chi connectivity index (χ0) is 25.8. The average Bonchev–Trinajstić information content (AvgIpc) is 2.78. The van der Waals surface area contributed by atoms with Gasteiger partial charge < -0.3 is 0 Å².